The van der Waals surface area contributed by atoms with E-state index in [1.807, 2.05) is 0 Å². The van der Waals surface area contributed by atoms with Crippen molar-refractivity contribution in [1.29, 1.82) is 0 Å². The molecule has 1 amide bonds. The number of likely N-dealkylation sites (tertiary alicyclic amines) is 1. The lowest BCUT2D eigenvalue weighted by Crippen LogP contribution is -2.41. The van der Waals surface area contributed by atoms with Crippen LogP contribution < -0.4 is 0 Å². The number of piperidine rings is 1. The molecule has 0 atom stereocenters. The molecule has 132 valence electrons. The summed E-state index contributed by atoms with van der Waals surface area (Å²) in [4.78, 5) is 25.8. The zero-order chi connectivity index (χ0) is 21.2. The molecule has 0 spiro atoms. The average Bonchev–Trinajstić information content (AvgIpc) is 2.60. The lowest BCUT2D eigenvalue weighted by molar-refractivity contribution is 0.0169. The second-order valence-corrected chi connectivity index (χ2v) is 6.74. The molecule has 1 aliphatic rings. The minimum absolute atomic E-state index is 0.155. The Bertz CT molecular complexity index is 696. The summed E-state index contributed by atoms with van der Waals surface area (Å²) in [5.74, 6) is -1.62. The summed E-state index contributed by atoms with van der Waals surface area (Å²) in [5, 5.41) is 0. The fourth-order valence-corrected chi connectivity index (χ4v) is 2.33. The summed E-state index contributed by atoms with van der Waals surface area (Å²) in [6, 6.07) is 7.91. The van der Waals surface area contributed by atoms with E-state index in [0.29, 0.717) is 0 Å². The van der Waals surface area contributed by atoms with E-state index >= 15 is 0 Å². The predicted octanol–water partition coefficient (Wildman–Crippen LogP) is 3.88. The molecule has 1 heterocycles. The monoisotopic (exact) mass is 337 g/mol. The topological polar surface area (TPSA) is 55.8 Å². The first-order chi connectivity index (χ1) is 12.8. The van der Waals surface area contributed by atoms with E-state index < -0.39 is 36.5 Å². The van der Waals surface area contributed by atoms with Gasteiger partial charge in [0, 0.05) is 15.8 Å². The normalized spacial score (nSPS) is 19.5. The Morgan fingerprint density at radius 2 is 1.83 bits per heavy atom. The van der Waals surface area contributed by atoms with E-state index in [1.165, 1.54) is 17.0 Å². The van der Waals surface area contributed by atoms with E-state index in [2.05, 4.69) is 0 Å². The number of hydrogen-bond donors (Lipinski definition) is 0. The van der Waals surface area contributed by atoms with E-state index in [-0.39, 0.29) is 31.5 Å². The van der Waals surface area contributed by atoms with Gasteiger partial charge in [0.15, 0.2) is 0 Å². The number of ether oxygens (including phenoxy) is 2. The highest BCUT2D eigenvalue weighted by molar-refractivity contribution is 5.89. The molecule has 0 aromatic heterocycles. The van der Waals surface area contributed by atoms with Crippen LogP contribution in [0.25, 0.3) is 0 Å². The molecular weight excluding hydrogens is 306 g/mol. The second-order valence-electron chi connectivity index (χ2n) is 6.74. The predicted molar refractivity (Wildman–Crippen MR) is 91.9 cm³/mol. The second kappa shape index (κ2) is 8.18. The maximum Gasteiger partial charge on any atom is 0.410 e. The lowest BCUT2D eigenvalue weighted by atomic mass is 9.94. The molecule has 0 saturated carbocycles. The molecule has 0 radical (unpaired) electrons. The third-order valence-corrected chi connectivity index (χ3v) is 3.56. The van der Waals surface area contributed by atoms with Crippen molar-refractivity contribution < 1.29 is 24.5 Å². The van der Waals surface area contributed by atoms with Crippen molar-refractivity contribution in [1.82, 2.24) is 4.90 Å². The number of esters is 1. The van der Waals surface area contributed by atoms with E-state index in [1.54, 1.807) is 39.0 Å². The summed E-state index contributed by atoms with van der Waals surface area (Å²) >= 11 is 0. The molecule has 24 heavy (non-hydrogen) atoms. The molecule has 5 heteroatoms. The van der Waals surface area contributed by atoms with Crippen LogP contribution in [0.15, 0.2) is 30.3 Å². The van der Waals surface area contributed by atoms with Crippen LogP contribution in [0.2, 0.25) is 0 Å². The SMILES string of the molecule is [2H]C([2H])(OC(=O)c1ccccc1)C([2H])([2H])C1CCN(C(=O)OC(C)(C)C)CC1. The molecule has 1 fully saturated rings. The van der Waals surface area contributed by atoms with Crippen LogP contribution in [0.4, 0.5) is 4.79 Å². The molecule has 0 unspecified atom stereocenters. The van der Waals surface area contributed by atoms with Crippen LogP contribution in [0.3, 0.4) is 0 Å². The average molecular weight is 337 g/mol. The minimum Gasteiger partial charge on any atom is -0.462 e. The first-order valence-electron chi connectivity index (χ1n) is 10.1. The van der Waals surface area contributed by atoms with Crippen molar-refractivity contribution in [2.75, 3.05) is 19.6 Å². The smallest absolute Gasteiger partial charge is 0.410 e. The Morgan fingerprint density at radius 1 is 1.21 bits per heavy atom. The van der Waals surface area contributed by atoms with Gasteiger partial charge in [0.25, 0.3) is 0 Å². The fraction of sp³-hybridized carbons (Fsp3) is 0.579. The van der Waals surface area contributed by atoms with Crippen molar-refractivity contribution in [2.24, 2.45) is 5.92 Å². The number of rotatable bonds is 4. The van der Waals surface area contributed by atoms with Crippen molar-refractivity contribution >= 4 is 12.1 Å². The quantitative estimate of drug-likeness (QED) is 0.782. The molecule has 1 aliphatic heterocycles. The van der Waals surface area contributed by atoms with Gasteiger partial charge in [0.05, 0.1) is 14.9 Å². The largest absolute Gasteiger partial charge is 0.462 e. The minimum atomic E-state index is -2.81. The molecule has 0 bridgehead atoms. The number of amides is 1. The number of carbonyl (C=O) groups excluding carboxylic acids is 2. The maximum atomic E-state index is 12.2. The van der Waals surface area contributed by atoms with Gasteiger partial charge in [0.2, 0.25) is 0 Å². The zero-order valence-corrected chi connectivity index (χ0v) is 14.4. The van der Waals surface area contributed by atoms with Gasteiger partial charge >= 0.3 is 12.1 Å². The Hall–Kier alpha value is -2.04. The van der Waals surface area contributed by atoms with Crippen molar-refractivity contribution in [3.8, 4) is 0 Å². The highest BCUT2D eigenvalue weighted by Crippen LogP contribution is 2.22. The molecule has 0 N–H and O–H groups in total. The number of hydrogen-bond acceptors (Lipinski definition) is 4. The summed E-state index contributed by atoms with van der Waals surface area (Å²) in [7, 11) is 0. The fourth-order valence-electron chi connectivity index (χ4n) is 2.33. The lowest BCUT2D eigenvalue weighted by Gasteiger charge is -2.33. The van der Waals surface area contributed by atoms with Crippen molar-refractivity contribution in [3.63, 3.8) is 0 Å². The van der Waals surface area contributed by atoms with Crippen LogP contribution in [0, 0.1) is 5.92 Å². The van der Waals surface area contributed by atoms with Gasteiger partial charge in [-0.2, -0.15) is 0 Å². The highest BCUT2D eigenvalue weighted by Gasteiger charge is 2.26. The summed E-state index contributed by atoms with van der Waals surface area (Å²) in [6.45, 7) is 3.01. The van der Waals surface area contributed by atoms with E-state index in [4.69, 9.17) is 15.0 Å². The number of benzene rings is 1. The van der Waals surface area contributed by atoms with Gasteiger partial charge in [-0.25, -0.2) is 9.59 Å². The Morgan fingerprint density at radius 3 is 2.42 bits per heavy atom. The van der Waals surface area contributed by atoms with E-state index in [0.717, 1.165) is 0 Å². The molecule has 0 aliphatic carbocycles. The number of nitrogens with zero attached hydrogens (tertiary/aromatic N) is 1. The van der Waals surface area contributed by atoms with Gasteiger partial charge in [-0.15, -0.1) is 0 Å². The summed E-state index contributed by atoms with van der Waals surface area (Å²) < 4.78 is 42.8. The van der Waals surface area contributed by atoms with Gasteiger partial charge in [-0.05, 0) is 58.0 Å². The van der Waals surface area contributed by atoms with E-state index in [9.17, 15) is 9.59 Å². The Labute approximate surface area is 149 Å². The third-order valence-electron chi connectivity index (χ3n) is 3.56. The zero-order valence-electron chi connectivity index (χ0n) is 18.4. The number of carbonyl (C=O) groups is 2. The molecule has 2 rings (SSSR count). The van der Waals surface area contributed by atoms with Gasteiger partial charge in [-0.1, -0.05) is 18.2 Å². The van der Waals surface area contributed by atoms with Crippen LogP contribution in [0.1, 0.15) is 55.8 Å². The maximum absolute atomic E-state index is 12.2. The Kier molecular flexibility index (Phi) is 4.52. The standard InChI is InChI=1S/C19H27NO4/c1-19(2,3)24-18(22)20-12-9-15(10-13-20)11-14-23-17(21)16-7-5-4-6-8-16/h4-8,15H,9-14H2,1-3H3/i11D2,14D2. The van der Waals surface area contributed by atoms with Crippen LogP contribution in [-0.4, -0.2) is 42.2 Å². The first kappa shape index (κ1) is 13.3. The van der Waals surface area contributed by atoms with Crippen LogP contribution in [0.5, 0.6) is 0 Å². The molecule has 5 nitrogen and oxygen atoms in total. The van der Waals surface area contributed by atoms with Crippen molar-refractivity contribution in [2.45, 2.75) is 45.6 Å². The van der Waals surface area contributed by atoms with Gasteiger partial charge in [-0.3, -0.25) is 0 Å². The van der Waals surface area contributed by atoms with Crippen LogP contribution in [-0.2, 0) is 9.47 Å². The molecule has 1 aromatic carbocycles. The third kappa shape index (κ3) is 5.87. The summed E-state index contributed by atoms with van der Waals surface area (Å²) in [6.07, 6.45) is -2.38. The van der Waals surface area contributed by atoms with Gasteiger partial charge in [0.1, 0.15) is 5.60 Å². The first-order valence-corrected chi connectivity index (χ1v) is 8.10. The molecule has 1 saturated heterocycles. The van der Waals surface area contributed by atoms with Crippen molar-refractivity contribution in [3.05, 3.63) is 35.9 Å². The van der Waals surface area contributed by atoms with Crippen LogP contribution >= 0.6 is 0 Å². The molecule has 1 aromatic rings. The summed E-state index contributed by atoms with van der Waals surface area (Å²) in [5.41, 5.74) is -0.465. The van der Waals surface area contributed by atoms with Gasteiger partial charge < -0.3 is 14.4 Å². The highest BCUT2D eigenvalue weighted by atomic mass is 16.6. The molecular formula is C19H27NO4. The Balaban J connectivity index is 2.00.